The summed E-state index contributed by atoms with van der Waals surface area (Å²) >= 11 is 2.06. The zero-order valence-corrected chi connectivity index (χ0v) is 17.5. The molecule has 1 aliphatic heterocycles. The van der Waals surface area contributed by atoms with E-state index in [4.69, 9.17) is 4.99 Å². The SMILES string of the molecule is CCNC(=NCc1ccnc(-n2ccnc2)c1)NCC1CCCS1.I. The van der Waals surface area contributed by atoms with Gasteiger partial charge in [0, 0.05) is 36.9 Å². The number of rotatable bonds is 6. The van der Waals surface area contributed by atoms with Crippen molar-refractivity contribution in [1.29, 1.82) is 0 Å². The lowest BCUT2D eigenvalue weighted by Crippen LogP contribution is -2.40. The van der Waals surface area contributed by atoms with Gasteiger partial charge >= 0.3 is 0 Å². The zero-order valence-electron chi connectivity index (χ0n) is 14.4. The maximum atomic E-state index is 4.70. The number of hydrogen-bond donors (Lipinski definition) is 2. The normalized spacial score (nSPS) is 17.2. The molecule has 0 aliphatic carbocycles. The van der Waals surface area contributed by atoms with Crippen molar-refractivity contribution in [3.8, 4) is 5.82 Å². The quantitative estimate of drug-likeness (QED) is 0.385. The number of imidazole rings is 1. The van der Waals surface area contributed by atoms with Gasteiger partial charge in [-0.25, -0.2) is 15.0 Å². The first kappa shape index (κ1) is 20.0. The van der Waals surface area contributed by atoms with Gasteiger partial charge in [-0.3, -0.25) is 4.57 Å². The van der Waals surface area contributed by atoms with Crippen molar-refractivity contribution >= 4 is 41.7 Å². The molecule has 0 aromatic carbocycles. The molecular formula is C17H25IN6S. The lowest BCUT2D eigenvalue weighted by atomic mass is 10.2. The van der Waals surface area contributed by atoms with E-state index in [2.05, 4.69) is 39.3 Å². The maximum absolute atomic E-state index is 4.70. The number of pyridine rings is 1. The van der Waals surface area contributed by atoms with Crippen molar-refractivity contribution in [2.45, 2.75) is 31.6 Å². The van der Waals surface area contributed by atoms with Gasteiger partial charge in [0.15, 0.2) is 5.96 Å². The Kier molecular flexibility index (Phi) is 8.53. The molecule has 6 nitrogen and oxygen atoms in total. The van der Waals surface area contributed by atoms with Gasteiger partial charge in [0.1, 0.15) is 12.1 Å². The van der Waals surface area contributed by atoms with Gasteiger partial charge in [0.05, 0.1) is 6.54 Å². The Bertz CT molecular complexity index is 655. The van der Waals surface area contributed by atoms with Gasteiger partial charge in [0.25, 0.3) is 0 Å². The molecule has 136 valence electrons. The molecule has 1 fully saturated rings. The average Bonchev–Trinajstić information content (AvgIpc) is 3.31. The molecule has 8 heteroatoms. The van der Waals surface area contributed by atoms with Crippen LogP contribution in [0, 0.1) is 0 Å². The first-order chi connectivity index (χ1) is 11.8. The molecule has 3 rings (SSSR count). The number of hydrogen-bond acceptors (Lipinski definition) is 4. The van der Waals surface area contributed by atoms with Gasteiger partial charge < -0.3 is 10.6 Å². The highest BCUT2D eigenvalue weighted by Crippen LogP contribution is 2.25. The van der Waals surface area contributed by atoms with Crippen LogP contribution in [0.1, 0.15) is 25.3 Å². The van der Waals surface area contributed by atoms with Gasteiger partial charge in [-0.15, -0.1) is 24.0 Å². The predicted molar refractivity (Wildman–Crippen MR) is 115 cm³/mol. The highest BCUT2D eigenvalue weighted by Gasteiger charge is 2.15. The van der Waals surface area contributed by atoms with E-state index < -0.39 is 0 Å². The summed E-state index contributed by atoms with van der Waals surface area (Å²) in [6.45, 7) is 4.55. The van der Waals surface area contributed by atoms with Crippen LogP contribution >= 0.6 is 35.7 Å². The molecule has 2 aromatic heterocycles. The molecule has 1 aliphatic rings. The van der Waals surface area contributed by atoms with E-state index in [0.29, 0.717) is 11.8 Å². The second-order valence-electron chi connectivity index (χ2n) is 5.70. The summed E-state index contributed by atoms with van der Waals surface area (Å²) in [5.74, 6) is 3.03. The molecule has 25 heavy (non-hydrogen) atoms. The molecule has 1 atom stereocenters. The second-order valence-corrected chi connectivity index (χ2v) is 7.11. The van der Waals surface area contributed by atoms with Crippen molar-refractivity contribution < 1.29 is 0 Å². The third kappa shape index (κ3) is 6.18. The highest BCUT2D eigenvalue weighted by molar-refractivity contribution is 14.0. The van der Waals surface area contributed by atoms with Crippen molar-refractivity contribution in [1.82, 2.24) is 25.2 Å². The summed E-state index contributed by atoms with van der Waals surface area (Å²) in [5, 5.41) is 7.49. The van der Waals surface area contributed by atoms with Gasteiger partial charge in [0.2, 0.25) is 0 Å². The fraction of sp³-hybridized carbons (Fsp3) is 0.471. The Hall–Kier alpha value is -1.29. The van der Waals surface area contributed by atoms with E-state index in [0.717, 1.165) is 30.4 Å². The third-order valence-corrected chi connectivity index (χ3v) is 5.26. The van der Waals surface area contributed by atoms with E-state index in [1.165, 1.54) is 18.6 Å². The van der Waals surface area contributed by atoms with Crippen LogP contribution in [0.25, 0.3) is 5.82 Å². The lowest BCUT2D eigenvalue weighted by molar-refractivity contribution is 0.727. The van der Waals surface area contributed by atoms with E-state index in [9.17, 15) is 0 Å². The number of thioether (sulfide) groups is 1. The molecule has 3 heterocycles. The second kappa shape index (κ2) is 10.6. The van der Waals surface area contributed by atoms with E-state index in [1.54, 1.807) is 12.5 Å². The van der Waals surface area contributed by atoms with Crippen molar-refractivity contribution in [2.24, 2.45) is 4.99 Å². The average molecular weight is 472 g/mol. The molecule has 2 N–H and O–H groups in total. The van der Waals surface area contributed by atoms with Crippen LogP contribution in [0.3, 0.4) is 0 Å². The van der Waals surface area contributed by atoms with E-state index >= 15 is 0 Å². The Balaban J connectivity index is 0.00000225. The molecule has 2 aromatic rings. The zero-order chi connectivity index (χ0) is 16.6. The standard InChI is InChI=1S/C17H24N6S.HI/c1-2-19-17(22-12-15-4-3-9-24-15)21-11-14-5-6-20-16(10-14)23-8-7-18-13-23;/h5-8,10,13,15H,2-4,9,11-12H2,1H3,(H2,19,21,22);1H. The summed E-state index contributed by atoms with van der Waals surface area (Å²) in [4.78, 5) is 13.1. The first-order valence-corrected chi connectivity index (χ1v) is 9.47. The maximum Gasteiger partial charge on any atom is 0.191 e. The van der Waals surface area contributed by atoms with Crippen LogP contribution in [-0.4, -0.2) is 44.6 Å². The van der Waals surface area contributed by atoms with Crippen LogP contribution in [0.5, 0.6) is 0 Å². The van der Waals surface area contributed by atoms with Crippen LogP contribution in [0.2, 0.25) is 0 Å². The summed E-state index contributed by atoms with van der Waals surface area (Å²) < 4.78 is 1.90. The molecule has 0 saturated carbocycles. The fourth-order valence-corrected chi connectivity index (χ4v) is 3.82. The lowest BCUT2D eigenvalue weighted by Gasteiger charge is -2.14. The largest absolute Gasteiger partial charge is 0.357 e. The monoisotopic (exact) mass is 472 g/mol. The van der Waals surface area contributed by atoms with Crippen molar-refractivity contribution in [3.63, 3.8) is 0 Å². The van der Waals surface area contributed by atoms with Crippen molar-refractivity contribution in [3.05, 3.63) is 42.6 Å². The molecule has 0 radical (unpaired) electrons. The summed E-state index contributed by atoms with van der Waals surface area (Å²) in [5.41, 5.74) is 1.13. The highest BCUT2D eigenvalue weighted by atomic mass is 127. The van der Waals surface area contributed by atoms with Crippen LogP contribution < -0.4 is 10.6 Å². The Morgan fingerprint density at radius 2 is 2.32 bits per heavy atom. The third-order valence-electron chi connectivity index (χ3n) is 3.86. The molecule has 0 bridgehead atoms. The smallest absolute Gasteiger partial charge is 0.191 e. The summed E-state index contributed by atoms with van der Waals surface area (Å²) in [6.07, 6.45) is 9.84. The van der Waals surface area contributed by atoms with Crippen LogP contribution in [0.15, 0.2) is 42.0 Å². The topological polar surface area (TPSA) is 67.1 Å². The van der Waals surface area contributed by atoms with Crippen LogP contribution in [0.4, 0.5) is 0 Å². The minimum Gasteiger partial charge on any atom is -0.357 e. The molecular weight excluding hydrogens is 447 g/mol. The number of aromatic nitrogens is 3. The van der Waals surface area contributed by atoms with E-state index in [-0.39, 0.29) is 24.0 Å². The number of nitrogens with one attached hydrogen (secondary N) is 2. The Labute approximate surface area is 170 Å². The number of guanidine groups is 1. The minimum absolute atomic E-state index is 0. The van der Waals surface area contributed by atoms with Gasteiger partial charge in [-0.2, -0.15) is 11.8 Å². The van der Waals surface area contributed by atoms with E-state index in [1.807, 2.05) is 29.1 Å². The molecule has 1 saturated heterocycles. The van der Waals surface area contributed by atoms with Crippen LogP contribution in [-0.2, 0) is 6.54 Å². The Morgan fingerprint density at radius 1 is 1.40 bits per heavy atom. The minimum atomic E-state index is 0. The van der Waals surface area contributed by atoms with Gasteiger partial charge in [-0.05, 0) is 43.2 Å². The summed E-state index contributed by atoms with van der Waals surface area (Å²) in [6, 6.07) is 4.04. The predicted octanol–water partition coefficient (Wildman–Crippen LogP) is 2.84. The first-order valence-electron chi connectivity index (χ1n) is 8.42. The number of aliphatic imine (C=N–C) groups is 1. The molecule has 0 spiro atoms. The summed E-state index contributed by atoms with van der Waals surface area (Å²) in [7, 11) is 0. The van der Waals surface area contributed by atoms with Gasteiger partial charge in [-0.1, -0.05) is 0 Å². The molecule has 0 amide bonds. The molecule has 1 unspecified atom stereocenters. The number of nitrogens with zero attached hydrogens (tertiary/aromatic N) is 4. The van der Waals surface area contributed by atoms with Crippen molar-refractivity contribution in [2.75, 3.05) is 18.8 Å². The Morgan fingerprint density at radius 3 is 3.04 bits per heavy atom. The fourth-order valence-electron chi connectivity index (χ4n) is 2.62. The number of halogens is 1.